The molecule has 0 saturated heterocycles. The van der Waals surface area contributed by atoms with E-state index in [1.54, 1.807) is 22.7 Å². The van der Waals surface area contributed by atoms with Crippen LogP contribution in [0.3, 0.4) is 0 Å². The number of imidazole rings is 1. The summed E-state index contributed by atoms with van der Waals surface area (Å²) < 4.78 is 21.7. The standard InChI is InChI=1S/C15H13FN2O/c1-10-8-18-9-11(2)17-15(18)13(16)14(10)19-12-6-4-3-5-7-12/h3-9H,1-2H3. The number of ether oxygens (including phenoxy) is 1. The molecule has 0 fully saturated rings. The Hall–Kier alpha value is -2.36. The Morgan fingerprint density at radius 2 is 1.84 bits per heavy atom. The van der Waals surface area contributed by atoms with E-state index in [9.17, 15) is 4.39 Å². The van der Waals surface area contributed by atoms with E-state index in [0.717, 1.165) is 11.3 Å². The van der Waals surface area contributed by atoms with Crippen molar-refractivity contribution in [2.75, 3.05) is 0 Å². The van der Waals surface area contributed by atoms with Crippen LogP contribution in [0.15, 0.2) is 42.7 Å². The second-order valence-corrected chi connectivity index (χ2v) is 4.48. The van der Waals surface area contributed by atoms with Crippen molar-refractivity contribution in [3.63, 3.8) is 0 Å². The smallest absolute Gasteiger partial charge is 0.209 e. The van der Waals surface area contributed by atoms with Gasteiger partial charge < -0.3 is 9.14 Å². The monoisotopic (exact) mass is 256 g/mol. The summed E-state index contributed by atoms with van der Waals surface area (Å²) in [6.45, 7) is 3.65. The number of rotatable bonds is 2. The summed E-state index contributed by atoms with van der Waals surface area (Å²) in [5.74, 6) is 0.401. The summed E-state index contributed by atoms with van der Waals surface area (Å²) in [5.41, 5.74) is 1.79. The Kier molecular flexibility index (Phi) is 2.71. The van der Waals surface area contributed by atoms with Crippen LogP contribution in [0.1, 0.15) is 11.3 Å². The van der Waals surface area contributed by atoms with Crippen molar-refractivity contribution in [3.05, 3.63) is 59.8 Å². The van der Waals surface area contributed by atoms with E-state index in [4.69, 9.17) is 4.74 Å². The quantitative estimate of drug-likeness (QED) is 0.695. The first-order valence-corrected chi connectivity index (χ1v) is 6.02. The first-order chi connectivity index (χ1) is 9.15. The molecule has 0 radical (unpaired) electrons. The number of halogens is 1. The first kappa shape index (κ1) is 11.7. The maximum absolute atomic E-state index is 14.4. The van der Waals surface area contributed by atoms with Crippen LogP contribution in [0, 0.1) is 19.7 Å². The lowest BCUT2D eigenvalue weighted by Gasteiger charge is -2.10. The van der Waals surface area contributed by atoms with E-state index in [1.807, 2.05) is 38.2 Å². The molecule has 0 amide bonds. The zero-order chi connectivity index (χ0) is 13.4. The third kappa shape index (κ3) is 2.05. The number of para-hydroxylation sites is 1. The van der Waals surface area contributed by atoms with Gasteiger partial charge in [0, 0.05) is 18.0 Å². The number of aryl methyl sites for hydroxylation is 2. The van der Waals surface area contributed by atoms with Crippen LogP contribution in [-0.4, -0.2) is 9.38 Å². The van der Waals surface area contributed by atoms with Gasteiger partial charge in [0.05, 0.1) is 5.69 Å². The topological polar surface area (TPSA) is 26.5 Å². The average molecular weight is 256 g/mol. The zero-order valence-corrected chi connectivity index (χ0v) is 10.7. The molecule has 0 aliphatic carbocycles. The maximum Gasteiger partial charge on any atom is 0.209 e. The van der Waals surface area contributed by atoms with E-state index >= 15 is 0 Å². The Morgan fingerprint density at radius 3 is 2.58 bits per heavy atom. The molecule has 0 aliphatic heterocycles. The fourth-order valence-electron chi connectivity index (χ4n) is 2.05. The predicted octanol–water partition coefficient (Wildman–Crippen LogP) is 3.88. The predicted molar refractivity (Wildman–Crippen MR) is 71.1 cm³/mol. The fraction of sp³-hybridized carbons (Fsp3) is 0.133. The van der Waals surface area contributed by atoms with Gasteiger partial charge in [-0.2, -0.15) is 4.39 Å². The highest BCUT2D eigenvalue weighted by molar-refractivity contribution is 5.52. The Bertz CT molecular complexity index is 735. The molecule has 0 bridgehead atoms. The number of hydrogen-bond donors (Lipinski definition) is 0. The van der Waals surface area contributed by atoms with Gasteiger partial charge in [0.1, 0.15) is 5.75 Å². The molecule has 3 nitrogen and oxygen atoms in total. The van der Waals surface area contributed by atoms with Crippen LogP contribution in [0.2, 0.25) is 0 Å². The fourth-order valence-corrected chi connectivity index (χ4v) is 2.05. The van der Waals surface area contributed by atoms with E-state index < -0.39 is 5.82 Å². The summed E-state index contributed by atoms with van der Waals surface area (Å²) in [7, 11) is 0. The summed E-state index contributed by atoms with van der Waals surface area (Å²) in [5, 5.41) is 0. The molecule has 19 heavy (non-hydrogen) atoms. The molecule has 0 spiro atoms. The van der Waals surface area contributed by atoms with Gasteiger partial charge in [-0.3, -0.25) is 0 Å². The van der Waals surface area contributed by atoms with Crippen molar-refractivity contribution >= 4 is 5.65 Å². The van der Waals surface area contributed by atoms with E-state index in [0.29, 0.717) is 5.75 Å². The van der Waals surface area contributed by atoms with Crippen LogP contribution >= 0.6 is 0 Å². The third-order valence-electron chi connectivity index (χ3n) is 2.90. The van der Waals surface area contributed by atoms with Gasteiger partial charge in [0.15, 0.2) is 11.4 Å². The molecule has 1 aromatic carbocycles. The minimum atomic E-state index is -0.433. The Balaban J connectivity index is 2.13. The molecule has 0 aliphatic rings. The highest BCUT2D eigenvalue weighted by Gasteiger charge is 2.15. The molecule has 0 atom stereocenters. The van der Waals surface area contributed by atoms with E-state index in [-0.39, 0.29) is 11.4 Å². The molecule has 0 unspecified atom stereocenters. The van der Waals surface area contributed by atoms with Crippen LogP contribution in [0.5, 0.6) is 11.5 Å². The van der Waals surface area contributed by atoms with Gasteiger partial charge in [0.2, 0.25) is 5.82 Å². The van der Waals surface area contributed by atoms with Crippen molar-refractivity contribution in [2.24, 2.45) is 0 Å². The van der Waals surface area contributed by atoms with Gasteiger partial charge in [-0.15, -0.1) is 0 Å². The van der Waals surface area contributed by atoms with E-state index in [1.165, 1.54) is 0 Å². The van der Waals surface area contributed by atoms with Crippen molar-refractivity contribution in [2.45, 2.75) is 13.8 Å². The molecule has 3 rings (SSSR count). The second-order valence-electron chi connectivity index (χ2n) is 4.48. The molecular formula is C15H13FN2O. The normalized spacial score (nSPS) is 10.9. The first-order valence-electron chi connectivity index (χ1n) is 6.02. The lowest BCUT2D eigenvalue weighted by Crippen LogP contribution is -1.97. The number of hydrogen-bond acceptors (Lipinski definition) is 2. The van der Waals surface area contributed by atoms with Crippen molar-refractivity contribution < 1.29 is 9.13 Å². The SMILES string of the molecule is Cc1cn2cc(C)c(Oc3ccccc3)c(F)c2n1. The van der Waals surface area contributed by atoms with Gasteiger partial charge >= 0.3 is 0 Å². The lowest BCUT2D eigenvalue weighted by atomic mass is 10.2. The molecule has 2 heterocycles. The highest BCUT2D eigenvalue weighted by Crippen LogP contribution is 2.30. The van der Waals surface area contributed by atoms with Gasteiger partial charge in [-0.1, -0.05) is 18.2 Å². The number of aromatic nitrogens is 2. The largest absolute Gasteiger partial charge is 0.454 e. The summed E-state index contributed by atoms with van der Waals surface area (Å²) in [6.07, 6.45) is 3.61. The van der Waals surface area contributed by atoms with Crippen LogP contribution in [0.4, 0.5) is 4.39 Å². The van der Waals surface area contributed by atoms with Crippen molar-refractivity contribution in [3.8, 4) is 11.5 Å². The Morgan fingerprint density at radius 1 is 1.11 bits per heavy atom. The number of benzene rings is 1. The van der Waals surface area contributed by atoms with Gasteiger partial charge in [-0.05, 0) is 26.0 Å². The Labute approximate surface area is 110 Å². The zero-order valence-electron chi connectivity index (χ0n) is 10.7. The summed E-state index contributed by atoms with van der Waals surface area (Å²) in [4.78, 5) is 4.16. The molecule has 2 aromatic heterocycles. The molecule has 0 saturated carbocycles. The minimum Gasteiger partial charge on any atom is -0.454 e. The molecule has 0 N–H and O–H groups in total. The van der Waals surface area contributed by atoms with E-state index in [2.05, 4.69) is 4.98 Å². The van der Waals surface area contributed by atoms with Crippen molar-refractivity contribution in [1.29, 1.82) is 0 Å². The van der Waals surface area contributed by atoms with Crippen LogP contribution < -0.4 is 4.74 Å². The number of fused-ring (bicyclic) bond motifs is 1. The highest BCUT2D eigenvalue weighted by atomic mass is 19.1. The third-order valence-corrected chi connectivity index (χ3v) is 2.90. The van der Waals surface area contributed by atoms with Crippen LogP contribution in [-0.2, 0) is 0 Å². The molecule has 96 valence electrons. The minimum absolute atomic E-state index is 0.226. The molecule has 4 heteroatoms. The van der Waals surface area contributed by atoms with Gasteiger partial charge in [-0.25, -0.2) is 4.98 Å². The summed E-state index contributed by atoms with van der Waals surface area (Å²) in [6, 6.07) is 9.17. The van der Waals surface area contributed by atoms with Gasteiger partial charge in [0.25, 0.3) is 0 Å². The summed E-state index contributed by atoms with van der Waals surface area (Å²) >= 11 is 0. The second kappa shape index (κ2) is 4.39. The number of pyridine rings is 1. The number of nitrogens with zero attached hydrogens (tertiary/aromatic N) is 2. The molecular weight excluding hydrogens is 243 g/mol. The molecule has 3 aromatic rings. The van der Waals surface area contributed by atoms with Crippen LogP contribution in [0.25, 0.3) is 5.65 Å². The maximum atomic E-state index is 14.4. The van der Waals surface area contributed by atoms with Crippen molar-refractivity contribution in [1.82, 2.24) is 9.38 Å². The lowest BCUT2D eigenvalue weighted by molar-refractivity contribution is 0.439. The average Bonchev–Trinajstić information content (AvgIpc) is 2.76.